The van der Waals surface area contributed by atoms with Crippen LogP contribution in [0.2, 0.25) is 0 Å². The van der Waals surface area contributed by atoms with Crippen molar-refractivity contribution < 1.29 is 31.1 Å². The van der Waals surface area contributed by atoms with Crippen molar-refractivity contribution in [2.75, 3.05) is 31.6 Å². The van der Waals surface area contributed by atoms with E-state index in [4.69, 9.17) is 4.74 Å². The summed E-state index contributed by atoms with van der Waals surface area (Å²) in [4.78, 5) is 19.4. The van der Waals surface area contributed by atoms with Crippen molar-refractivity contribution in [2.24, 2.45) is 0 Å². The number of ether oxygens (including phenoxy) is 1. The van der Waals surface area contributed by atoms with Crippen LogP contribution >= 0.6 is 0 Å². The van der Waals surface area contributed by atoms with Crippen LogP contribution in [-0.2, 0) is 23.6 Å². The molecular weight excluding hydrogens is 514 g/mol. The number of benzene rings is 1. The number of hydrogen-bond acceptors (Lipinski definition) is 7. The number of halogens is 6. The number of anilines is 2. The fourth-order valence-corrected chi connectivity index (χ4v) is 4.06. The molecule has 1 saturated heterocycles. The minimum atomic E-state index is -4.62. The lowest BCUT2D eigenvalue weighted by atomic mass is 10.1. The lowest BCUT2D eigenvalue weighted by molar-refractivity contribution is -0.138. The molecule has 4 aromatic rings. The smallest absolute Gasteiger partial charge is 0.379 e. The van der Waals surface area contributed by atoms with E-state index in [0.717, 1.165) is 18.2 Å². The first-order chi connectivity index (χ1) is 18.1. The molecule has 0 spiro atoms. The number of fused-ring (bicyclic) bond motifs is 1. The van der Waals surface area contributed by atoms with Gasteiger partial charge in [0.1, 0.15) is 11.3 Å². The third-order valence-electron chi connectivity index (χ3n) is 5.91. The van der Waals surface area contributed by atoms with Crippen molar-refractivity contribution >= 4 is 22.5 Å². The van der Waals surface area contributed by atoms with Crippen LogP contribution in [0.15, 0.2) is 54.9 Å². The predicted molar refractivity (Wildman–Crippen MR) is 126 cm³/mol. The van der Waals surface area contributed by atoms with Crippen molar-refractivity contribution in [2.45, 2.75) is 18.9 Å². The molecule has 0 aliphatic carbocycles. The van der Waals surface area contributed by atoms with Gasteiger partial charge in [0.15, 0.2) is 5.82 Å². The first-order valence-corrected chi connectivity index (χ1v) is 11.5. The van der Waals surface area contributed by atoms with Crippen molar-refractivity contribution in [3.05, 3.63) is 71.8 Å². The zero-order valence-corrected chi connectivity index (χ0v) is 19.6. The Morgan fingerprint density at radius 1 is 0.895 bits per heavy atom. The summed E-state index contributed by atoms with van der Waals surface area (Å²) in [5, 5.41) is 2.98. The van der Waals surface area contributed by atoms with Gasteiger partial charge in [-0.3, -0.25) is 9.88 Å². The SMILES string of the molecule is FC(F)(F)c1ccc(Nc2nc(CN3CCOCC3)nc3cc(-c4ncccc4C(F)(F)F)cnc23)cc1. The summed E-state index contributed by atoms with van der Waals surface area (Å²) in [5.41, 5.74) is -1.07. The van der Waals surface area contributed by atoms with Gasteiger partial charge in [0.05, 0.1) is 42.1 Å². The van der Waals surface area contributed by atoms with E-state index in [1.54, 1.807) is 0 Å². The largest absolute Gasteiger partial charge is 0.418 e. The number of alkyl halides is 6. The molecule has 3 aromatic heterocycles. The van der Waals surface area contributed by atoms with Crippen LogP contribution < -0.4 is 5.32 Å². The van der Waals surface area contributed by atoms with Gasteiger partial charge in [0.25, 0.3) is 0 Å². The van der Waals surface area contributed by atoms with Gasteiger partial charge in [-0.1, -0.05) is 0 Å². The molecule has 38 heavy (non-hydrogen) atoms. The molecule has 198 valence electrons. The standard InChI is InChI=1S/C25H20F6N6O/c26-24(27,28)16-3-5-17(6-4-16)34-23-22-19(35-20(36-23)14-37-8-10-38-11-9-37)12-15(13-33-22)21-18(25(29,30)31)2-1-7-32-21/h1-7,12-13H,8-11,14H2,(H,34,35,36). The molecule has 1 aliphatic heterocycles. The van der Waals surface area contributed by atoms with Gasteiger partial charge in [-0.2, -0.15) is 26.3 Å². The summed E-state index contributed by atoms with van der Waals surface area (Å²) in [6, 6.07) is 7.98. The van der Waals surface area contributed by atoms with E-state index in [1.807, 2.05) is 0 Å². The average Bonchev–Trinajstić information content (AvgIpc) is 2.88. The topological polar surface area (TPSA) is 76.1 Å². The molecule has 1 fully saturated rings. The second kappa shape index (κ2) is 10.1. The minimum absolute atomic E-state index is 0.113. The normalized spacial score (nSPS) is 15.1. The predicted octanol–water partition coefficient (Wildman–Crippen LogP) is 5.70. The maximum absolute atomic E-state index is 13.6. The lowest BCUT2D eigenvalue weighted by Gasteiger charge is -2.26. The zero-order valence-electron chi connectivity index (χ0n) is 19.6. The van der Waals surface area contributed by atoms with Crippen LogP contribution in [-0.4, -0.2) is 51.1 Å². The van der Waals surface area contributed by atoms with E-state index in [-0.39, 0.29) is 28.1 Å². The van der Waals surface area contributed by atoms with Crippen LogP contribution in [0.5, 0.6) is 0 Å². The number of hydrogen-bond donors (Lipinski definition) is 1. The van der Waals surface area contributed by atoms with Gasteiger partial charge >= 0.3 is 12.4 Å². The Morgan fingerprint density at radius 2 is 1.63 bits per heavy atom. The second-order valence-electron chi connectivity index (χ2n) is 8.57. The maximum atomic E-state index is 13.6. The fraction of sp³-hybridized carbons (Fsp3) is 0.280. The van der Waals surface area contributed by atoms with Crippen molar-refractivity contribution in [1.29, 1.82) is 0 Å². The monoisotopic (exact) mass is 534 g/mol. The molecule has 4 heterocycles. The quantitative estimate of drug-likeness (QED) is 0.329. The molecule has 7 nitrogen and oxygen atoms in total. The lowest BCUT2D eigenvalue weighted by Crippen LogP contribution is -2.36. The first-order valence-electron chi connectivity index (χ1n) is 11.5. The van der Waals surface area contributed by atoms with E-state index >= 15 is 0 Å². The van der Waals surface area contributed by atoms with Crippen molar-refractivity contribution in [3.63, 3.8) is 0 Å². The summed E-state index contributed by atoms with van der Waals surface area (Å²) in [6.45, 7) is 2.70. The molecule has 0 saturated carbocycles. The molecule has 0 bridgehead atoms. The molecular formula is C25H20F6N6O. The van der Waals surface area contributed by atoms with E-state index in [2.05, 4.69) is 30.2 Å². The molecule has 1 aliphatic rings. The number of aromatic nitrogens is 4. The number of rotatable bonds is 5. The average molecular weight is 534 g/mol. The van der Waals surface area contributed by atoms with Gasteiger partial charge in [0, 0.05) is 36.7 Å². The summed E-state index contributed by atoms with van der Waals surface area (Å²) in [5.74, 6) is 0.575. The highest BCUT2D eigenvalue weighted by Crippen LogP contribution is 2.36. The Kier molecular flexibility index (Phi) is 6.88. The Balaban J connectivity index is 1.57. The van der Waals surface area contributed by atoms with E-state index in [0.29, 0.717) is 44.4 Å². The summed E-state index contributed by atoms with van der Waals surface area (Å²) in [6.07, 6.45) is -6.61. The Bertz CT molecular complexity index is 1440. The molecule has 0 radical (unpaired) electrons. The minimum Gasteiger partial charge on any atom is -0.379 e. The van der Waals surface area contributed by atoms with Crippen LogP contribution in [0, 0.1) is 0 Å². The van der Waals surface area contributed by atoms with Gasteiger partial charge in [0.2, 0.25) is 0 Å². The Morgan fingerprint density at radius 3 is 2.32 bits per heavy atom. The third kappa shape index (κ3) is 5.68. The van der Waals surface area contributed by atoms with E-state index in [1.165, 1.54) is 36.7 Å². The van der Waals surface area contributed by atoms with Crippen LogP contribution in [0.3, 0.4) is 0 Å². The summed E-state index contributed by atoms with van der Waals surface area (Å²) >= 11 is 0. The van der Waals surface area contributed by atoms with E-state index < -0.39 is 23.5 Å². The Hall–Kier alpha value is -3.84. The molecule has 0 unspecified atom stereocenters. The van der Waals surface area contributed by atoms with Crippen LogP contribution in [0.25, 0.3) is 22.3 Å². The highest BCUT2D eigenvalue weighted by molar-refractivity contribution is 5.89. The highest BCUT2D eigenvalue weighted by atomic mass is 19.4. The van der Waals surface area contributed by atoms with Crippen molar-refractivity contribution in [1.82, 2.24) is 24.8 Å². The highest BCUT2D eigenvalue weighted by Gasteiger charge is 2.34. The maximum Gasteiger partial charge on any atom is 0.418 e. The first kappa shape index (κ1) is 25.8. The third-order valence-corrected chi connectivity index (χ3v) is 5.91. The number of morpholine rings is 1. The van der Waals surface area contributed by atoms with E-state index in [9.17, 15) is 26.3 Å². The molecule has 1 aromatic carbocycles. The summed E-state index contributed by atoms with van der Waals surface area (Å²) in [7, 11) is 0. The summed E-state index contributed by atoms with van der Waals surface area (Å²) < 4.78 is 85.1. The number of pyridine rings is 2. The Labute approximate surface area is 212 Å². The van der Waals surface area contributed by atoms with Crippen molar-refractivity contribution in [3.8, 4) is 11.3 Å². The van der Waals surface area contributed by atoms with Gasteiger partial charge in [-0.05, 0) is 42.5 Å². The second-order valence-corrected chi connectivity index (χ2v) is 8.57. The van der Waals surface area contributed by atoms with Gasteiger partial charge in [-0.25, -0.2) is 15.0 Å². The molecule has 0 atom stereocenters. The molecule has 1 N–H and O–H groups in total. The fourth-order valence-electron chi connectivity index (χ4n) is 4.06. The molecule has 0 amide bonds. The molecule has 5 rings (SSSR count). The van der Waals surface area contributed by atoms with Crippen LogP contribution in [0.4, 0.5) is 37.8 Å². The van der Waals surface area contributed by atoms with Gasteiger partial charge < -0.3 is 10.1 Å². The van der Waals surface area contributed by atoms with Crippen LogP contribution in [0.1, 0.15) is 17.0 Å². The zero-order chi connectivity index (χ0) is 26.9. The molecule has 13 heteroatoms. The van der Waals surface area contributed by atoms with Gasteiger partial charge in [-0.15, -0.1) is 0 Å². The number of nitrogens with zero attached hydrogens (tertiary/aromatic N) is 5. The number of nitrogens with one attached hydrogen (secondary N) is 1.